The van der Waals surface area contributed by atoms with Gasteiger partial charge in [0.15, 0.2) is 17.5 Å². The highest BCUT2D eigenvalue weighted by Gasteiger charge is 2.16. The Labute approximate surface area is 185 Å². The largest absolute Gasteiger partial charge is 0.486 e. The number of benzene rings is 1. The highest BCUT2D eigenvalue weighted by atomic mass is 127. The zero-order valence-corrected chi connectivity index (χ0v) is 19.5. The molecule has 2 N–H and O–H groups in total. The lowest BCUT2D eigenvalue weighted by atomic mass is 10.2. The van der Waals surface area contributed by atoms with Crippen LogP contribution in [0, 0.1) is 13.8 Å². The van der Waals surface area contributed by atoms with Gasteiger partial charge in [0.1, 0.15) is 13.2 Å². The molecule has 0 radical (unpaired) electrons. The molecule has 0 spiro atoms. The van der Waals surface area contributed by atoms with Gasteiger partial charge in [0.25, 0.3) is 0 Å². The van der Waals surface area contributed by atoms with Crippen molar-refractivity contribution in [2.75, 3.05) is 19.8 Å². The standard InChI is InChI=1S/C18H23ClN4O2S.HI/c1-4-20-18(22-10-16-11(2)23-12(3)26-16)21-9-13-7-14(19)17-15(8-13)24-5-6-25-17;/h7-8H,4-6,9-10H2,1-3H3,(H2,20,21,22);1H. The number of fused-ring (bicyclic) bond motifs is 1. The molecule has 2 aromatic rings. The molecule has 0 amide bonds. The van der Waals surface area contributed by atoms with Crippen molar-refractivity contribution in [3.63, 3.8) is 0 Å². The van der Waals surface area contributed by atoms with Crippen LogP contribution in [0.1, 0.15) is 28.1 Å². The van der Waals surface area contributed by atoms with E-state index in [1.165, 1.54) is 4.88 Å². The first-order chi connectivity index (χ1) is 12.6. The zero-order chi connectivity index (χ0) is 18.5. The van der Waals surface area contributed by atoms with Crippen LogP contribution in [0.4, 0.5) is 0 Å². The van der Waals surface area contributed by atoms with Gasteiger partial charge in [-0.2, -0.15) is 0 Å². The van der Waals surface area contributed by atoms with Gasteiger partial charge in [-0.15, -0.1) is 35.3 Å². The molecule has 0 atom stereocenters. The number of hydrogen-bond donors (Lipinski definition) is 2. The Morgan fingerprint density at radius 1 is 1.26 bits per heavy atom. The van der Waals surface area contributed by atoms with Gasteiger partial charge in [-0.25, -0.2) is 9.98 Å². The Morgan fingerprint density at radius 2 is 2.04 bits per heavy atom. The Morgan fingerprint density at radius 3 is 2.74 bits per heavy atom. The molecule has 1 aromatic heterocycles. The molecule has 0 saturated heterocycles. The average molecular weight is 523 g/mol. The van der Waals surface area contributed by atoms with Crippen LogP contribution >= 0.6 is 46.9 Å². The maximum Gasteiger partial charge on any atom is 0.191 e. The van der Waals surface area contributed by atoms with E-state index < -0.39 is 0 Å². The van der Waals surface area contributed by atoms with E-state index in [1.807, 2.05) is 32.9 Å². The van der Waals surface area contributed by atoms with Crippen molar-refractivity contribution in [3.8, 4) is 11.5 Å². The van der Waals surface area contributed by atoms with E-state index >= 15 is 0 Å². The summed E-state index contributed by atoms with van der Waals surface area (Å²) in [5.41, 5.74) is 2.04. The lowest BCUT2D eigenvalue weighted by Gasteiger charge is -2.20. The first kappa shape index (κ1) is 22.0. The highest BCUT2D eigenvalue weighted by Crippen LogP contribution is 2.38. The SMILES string of the molecule is CCNC(=NCc1cc(Cl)c2c(c1)OCCO2)NCc1sc(C)nc1C.I. The second-order valence-electron chi connectivity index (χ2n) is 5.89. The maximum absolute atomic E-state index is 6.29. The number of aliphatic imine (C=N–C) groups is 1. The molecule has 1 aliphatic heterocycles. The molecule has 3 rings (SSSR count). The Bertz CT molecular complexity index is 813. The van der Waals surface area contributed by atoms with Gasteiger partial charge in [0.05, 0.1) is 28.8 Å². The van der Waals surface area contributed by atoms with Gasteiger partial charge >= 0.3 is 0 Å². The summed E-state index contributed by atoms with van der Waals surface area (Å²) in [7, 11) is 0. The first-order valence-electron chi connectivity index (χ1n) is 8.60. The smallest absolute Gasteiger partial charge is 0.191 e. The molecule has 1 aliphatic rings. The second kappa shape index (κ2) is 10.3. The molecule has 6 nitrogen and oxygen atoms in total. The average Bonchev–Trinajstić information content (AvgIpc) is 2.95. The van der Waals surface area contributed by atoms with Crippen molar-refractivity contribution < 1.29 is 9.47 Å². The number of rotatable bonds is 5. The number of guanidine groups is 1. The predicted octanol–water partition coefficient (Wildman–Crippen LogP) is 4.06. The van der Waals surface area contributed by atoms with E-state index in [1.54, 1.807) is 11.3 Å². The molecule has 9 heteroatoms. The van der Waals surface area contributed by atoms with Gasteiger partial charge in [0, 0.05) is 11.4 Å². The van der Waals surface area contributed by atoms with Crippen molar-refractivity contribution in [2.45, 2.75) is 33.9 Å². The minimum absolute atomic E-state index is 0. The van der Waals surface area contributed by atoms with Crippen molar-refractivity contribution in [2.24, 2.45) is 4.99 Å². The molecule has 0 bridgehead atoms. The molecule has 1 aromatic carbocycles. The monoisotopic (exact) mass is 522 g/mol. The van der Waals surface area contributed by atoms with E-state index in [-0.39, 0.29) is 24.0 Å². The van der Waals surface area contributed by atoms with Gasteiger partial charge in [0.2, 0.25) is 0 Å². The Hall–Kier alpha value is -1.26. The predicted molar refractivity (Wildman–Crippen MR) is 121 cm³/mol. The zero-order valence-electron chi connectivity index (χ0n) is 15.6. The summed E-state index contributed by atoms with van der Waals surface area (Å²) < 4.78 is 11.2. The number of nitrogens with one attached hydrogen (secondary N) is 2. The lowest BCUT2D eigenvalue weighted by molar-refractivity contribution is 0.171. The second-order valence-corrected chi connectivity index (χ2v) is 7.59. The maximum atomic E-state index is 6.29. The summed E-state index contributed by atoms with van der Waals surface area (Å²) in [6, 6.07) is 3.81. The summed E-state index contributed by atoms with van der Waals surface area (Å²) in [5, 5.41) is 8.25. The van der Waals surface area contributed by atoms with E-state index in [0.29, 0.717) is 42.8 Å². The highest BCUT2D eigenvalue weighted by molar-refractivity contribution is 14.0. The van der Waals surface area contributed by atoms with Crippen LogP contribution in [-0.4, -0.2) is 30.7 Å². The van der Waals surface area contributed by atoms with Crippen LogP contribution in [0.5, 0.6) is 11.5 Å². The van der Waals surface area contributed by atoms with Gasteiger partial charge in [-0.05, 0) is 38.5 Å². The normalized spacial score (nSPS) is 13.1. The van der Waals surface area contributed by atoms with Crippen LogP contribution in [0.2, 0.25) is 5.02 Å². The molecule has 2 heterocycles. The van der Waals surface area contributed by atoms with Crippen molar-refractivity contribution in [3.05, 3.63) is 38.3 Å². The Balaban J connectivity index is 0.00000261. The summed E-state index contributed by atoms with van der Waals surface area (Å²) >= 11 is 8.00. The number of ether oxygens (including phenoxy) is 2. The molecule has 0 fully saturated rings. The van der Waals surface area contributed by atoms with Crippen molar-refractivity contribution in [1.29, 1.82) is 0 Å². The third-order valence-corrected chi connectivity index (χ3v) is 5.19. The minimum Gasteiger partial charge on any atom is -0.486 e. The first-order valence-corrected chi connectivity index (χ1v) is 9.79. The van der Waals surface area contributed by atoms with Crippen molar-refractivity contribution >= 4 is 52.9 Å². The minimum atomic E-state index is 0. The molecule has 0 saturated carbocycles. The lowest BCUT2D eigenvalue weighted by Crippen LogP contribution is -2.36. The van der Waals surface area contributed by atoms with E-state index in [2.05, 4.69) is 20.6 Å². The fourth-order valence-electron chi connectivity index (χ4n) is 2.67. The van der Waals surface area contributed by atoms with E-state index in [9.17, 15) is 0 Å². The fraction of sp³-hybridized carbons (Fsp3) is 0.444. The molecular formula is C18H24ClIN4O2S. The molecule has 0 unspecified atom stereocenters. The van der Waals surface area contributed by atoms with Crippen LogP contribution in [-0.2, 0) is 13.1 Å². The van der Waals surface area contributed by atoms with Crippen molar-refractivity contribution in [1.82, 2.24) is 15.6 Å². The van der Waals surface area contributed by atoms with Gasteiger partial charge in [-0.3, -0.25) is 0 Å². The number of aryl methyl sites for hydroxylation is 2. The summed E-state index contributed by atoms with van der Waals surface area (Å²) in [6.45, 7) is 9.13. The van der Waals surface area contributed by atoms with Crippen LogP contribution in [0.3, 0.4) is 0 Å². The number of aromatic nitrogens is 1. The third-order valence-electron chi connectivity index (χ3n) is 3.84. The van der Waals surface area contributed by atoms with Gasteiger partial charge in [-0.1, -0.05) is 11.6 Å². The molecular weight excluding hydrogens is 499 g/mol. The third kappa shape index (κ3) is 5.86. The Kier molecular flexibility index (Phi) is 8.43. The topological polar surface area (TPSA) is 67.8 Å². The number of hydrogen-bond acceptors (Lipinski definition) is 5. The van der Waals surface area contributed by atoms with E-state index in [0.717, 1.165) is 28.8 Å². The number of thiazole rings is 1. The van der Waals surface area contributed by atoms with E-state index in [4.69, 9.17) is 21.1 Å². The van der Waals surface area contributed by atoms with Gasteiger partial charge < -0.3 is 20.1 Å². The molecule has 0 aliphatic carbocycles. The molecule has 148 valence electrons. The number of halogens is 2. The summed E-state index contributed by atoms with van der Waals surface area (Å²) in [6.07, 6.45) is 0. The fourth-order valence-corrected chi connectivity index (χ4v) is 3.83. The number of nitrogens with zero attached hydrogens (tertiary/aromatic N) is 2. The van der Waals surface area contributed by atoms with Crippen LogP contribution in [0.25, 0.3) is 0 Å². The van der Waals surface area contributed by atoms with Crippen LogP contribution < -0.4 is 20.1 Å². The van der Waals surface area contributed by atoms with Crippen LogP contribution in [0.15, 0.2) is 17.1 Å². The quantitative estimate of drug-likeness (QED) is 0.352. The summed E-state index contributed by atoms with van der Waals surface area (Å²) in [4.78, 5) is 10.3. The summed E-state index contributed by atoms with van der Waals surface area (Å²) in [5.74, 6) is 2.05. The molecule has 27 heavy (non-hydrogen) atoms.